The molecule has 3 amide bonds. The summed E-state index contributed by atoms with van der Waals surface area (Å²) in [5.74, 6) is -1.57. The summed E-state index contributed by atoms with van der Waals surface area (Å²) in [6.07, 6.45) is 0. The summed E-state index contributed by atoms with van der Waals surface area (Å²) in [6.45, 7) is 5.64. The Labute approximate surface area is 178 Å². The maximum Gasteiger partial charge on any atom is 0.262 e. The van der Waals surface area contributed by atoms with Gasteiger partial charge in [0.1, 0.15) is 6.04 Å². The Balaban J connectivity index is 1.56. The van der Waals surface area contributed by atoms with Crippen LogP contribution >= 0.6 is 11.3 Å². The number of hydrogen-bond acceptors (Lipinski definition) is 5. The summed E-state index contributed by atoms with van der Waals surface area (Å²) in [5, 5.41) is 5.09. The average Bonchev–Trinajstić information content (AvgIpc) is 3.28. The van der Waals surface area contributed by atoms with Crippen molar-refractivity contribution < 1.29 is 14.4 Å². The molecule has 0 saturated carbocycles. The number of nitrogens with one attached hydrogen (secondary N) is 1. The summed E-state index contributed by atoms with van der Waals surface area (Å²) in [7, 11) is 0. The van der Waals surface area contributed by atoms with Crippen molar-refractivity contribution in [2.24, 2.45) is 5.92 Å². The topological polar surface area (TPSA) is 79.4 Å². The zero-order valence-corrected chi connectivity index (χ0v) is 17.7. The molecule has 0 aliphatic carbocycles. The minimum absolute atomic E-state index is 0.260. The predicted molar refractivity (Wildman–Crippen MR) is 116 cm³/mol. The van der Waals surface area contributed by atoms with Gasteiger partial charge in [0.25, 0.3) is 11.8 Å². The Bertz CT molecular complexity index is 1100. The van der Waals surface area contributed by atoms with Crippen LogP contribution in [-0.2, 0) is 4.79 Å². The Morgan fingerprint density at radius 3 is 2.17 bits per heavy atom. The molecule has 1 aliphatic heterocycles. The van der Waals surface area contributed by atoms with Gasteiger partial charge in [-0.25, -0.2) is 4.98 Å². The van der Waals surface area contributed by atoms with E-state index in [0.717, 1.165) is 21.7 Å². The maximum absolute atomic E-state index is 13.1. The fourth-order valence-electron chi connectivity index (χ4n) is 3.55. The van der Waals surface area contributed by atoms with Gasteiger partial charge in [-0.1, -0.05) is 55.8 Å². The molecule has 1 unspecified atom stereocenters. The van der Waals surface area contributed by atoms with E-state index in [4.69, 9.17) is 0 Å². The quantitative estimate of drug-likeness (QED) is 0.623. The molecule has 7 heteroatoms. The number of aromatic nitrogens is 1. The van der Waals surface area contributed by atoms with Gasteiger partial charge in [-0.3, -0.25) is 19.3 Å². The zero-order valence-electron chi connectivity index (χ0n) is 16.9. The van der Waals surface area contributed by atoms with Crippen molar-refractivity contribution in [1.29, 1.82) is 0 Å². The number of fused-ring (bicyclic) bond motifs is 1. The van der Waals surface area contributed by atoms with Crippen LogP contribution in [0.5, 0.6) is 0 Å². The third-order valence-corrected chi connectivity index (χ3v) is 5.84. The first-order valence-electron chi connectivity index (χ1n) is 9.67. The summed E-state index contributed by atoms with van der Waals surface area (Å²) in [5.41, 5.74) is 3.53. The molecular weight excluding hydrogens is 398 g/mol. The van der Waals surface area contributed by atoms with E-state index in [2.05, 4.69) is 10.3 Å². The van der Waals surface area contributed by atoms with Gasteiger partial charge in [0.15, 0.2) is 5.13 Å². The third-order valence-electron chi connectivity index (χ3n) is 5.09. The van der Waals surface area contributed by atoms with E-state index in [1.807, 2.05) is 50.4 Å². The molecule has 1 atom stereocenters. The first kappa shape index (κ1) is 20.0. The van der Waals surface area contributed by atoms with Gasteiger partial charge in [-0.05, 0) is 25.0 Å². The second-order valence-corrected chi connectivity index (χ2v) is 8.47. The minimum Gasteiger partial charge on any atom is -0.300 e. The summed E-state index contributed by atoms with van der Waals surface area (Å²) < 4.78 is 0. The highest BCUT2D eigenvalue weighted by Gasteiger charge is 2.44. The largest absolute Gasteiger partial charge is 0.300 e. The highest BCUT2D eigenvalue weighted by atomic mass is 32.1. The van der Waals surface area contributed by atoms with Gasteiger partial charge in [-0.15, -0.1) is 11.3 Å². The molecule has 4 rings (SSSR count). The van der Waals surface area contributed by atoms with Crippen LogP contribution in [0.2, 0.25) is 0 Å². The molecule has 2 aromatic carbocycles. The monoisotopic (exact) mass is 419 g/mol. The molecule has 152 valence electrons. The van der Waals surface area contributed by atoms with Crippen molar-refractivity contribution in [3.8, 4) is 11.3 Å². The Kier molecular flexibility index (Phi) is 5.22. The van der Waals surface area contributed by atoms with E-state index < -0.39 is 23.8 Å². The normalized spacial score (nSPS) is 14.2. The lowest BCUT2D eigenvalue weighted by molar-refractivity contribution is -0.121. The van der Waals surface area contributed by atoms with Crippen LogP contribution in [0, 0.1) is 12.8 Å². The predicted octanol–water partition coefficient (Wildman–Crippen LogP) is 4.38. The first-order valence-corrected chi connectivity index (χ1v) is 10.5. The van der Waals surface area contributed by atoms with E-state index in [1.165, 1.54) is 11.3 Å². The van der Waals surface area contributed by atoms with E-state index in [1.54, 1.807) is 24.3 Å². The number of carbonyl (C=O) groups is 3. The molecule has 30 heavy (non-hydrogen) atoms. The van der Waals surface area contributed by atoms with Gasteiger partial charge in [-0.2, -0.15) is 0 Å². The highest BCUT2D eigenvalue weighted by molar-refractivity contribution is 7.14. The molecular formula is C23H21N3O3S. The van der Waals surface area contributed by atoms with Crippen LogP contribution in [0.3, 0.4) is 0 Å². The van der Waals surface area contributed by atoms with Crippen molar-refractivity contribution in [1.82, 2.24) is 9.88 Å². The average molecular weight is 420 g/mol. The SMILES string of the molecule is Cc1ccc(-c2csc(NC(=O)C(C(C)C)N3C(=O)c4ccccc4C3=O)n2)cc1. The smallest absolute Gasteiger partial charge is 0.262 e. The number of thiazole rings is 1. The molecule has 0 spiro atoms. The number of benzene rings is 2. The fraction of sp³-hybridized carbons (Fsp3) is 0.217. The highest BCUT2D eigenvalue weighted by Crippen LogP contribution is 2.29. The van der Waals surface area contributed by atoms with Crippen molar-refractivity contribution in [3.63, 3.8) is 0 Å². The number of anilines is 1. The van der Waals surface area contributed by atoms with Crippen LogP contribution in [0.25, 0.3) is 11.3 Å². The number of rotatable bonds is 5. The van der Waals surface area contributed by atoms with Crippen LogP contribution in [-0.4, -0.2) is 33.6 Å². The molecule has 6 nitrogen and oxygen atoms in total. The molecule has 1 aromatic heterocycles. The number of hydrogen-bond donors (Lipinski definition) is 1. The van der Waals surface area contributed by atoms with Crippen molar-refractivity contribution in [2.45, 2.75) is 26.8 Å². The van der Waals surface area contributed by atoms with E-state index in [9.17, 15) is 14.4 Å². The number of nitrogens with zero attached hydrogens (tertiary/aromatic N) is 2. The van der Waals surface area contributed by atoms with E-state index in [-0.39, 0.29) is 5.92 Å². The Morgan fingerprint density at radius 2 is 1.60 bits per heavy atom. The lowest BCUT2D eigenvalue weighted by Crippen LogP contribution is -2.50. The summed E-state index contributed by atoms with van der Waals surface area (Å²) in [6, 6.07) is 13.7. The Morgan fingerprint density at radius 1 is 1.00 bits per heavy atom. The van der Waals surface area contributed by atoms with Gasteiger partial charge in [0, 0.05) is 10.9 Å². The third kappa shape index (κ3) is 3.52. The Hall–Kier alpha value is -3.32. The lowest BCUT2D eigenvalue weighted by Gasteiger charge is -2.27. The van der Waals surface area contributed by atoms with Gasteiger partial charge < -0.3 is 5.32 Å². The first-order chi connectivity index (χ1) is 14.4. The molecule has 0 bridgehead atoms. The van der Waals surface area contributed by atoms with Gasteiger partial charge in [0.2, 0.25) is 5.91 Å². The molecule has 2 heterocycles. The molecule has 1 N–H and O–H groups in total. The van der Waals surface area contributed by atoms with E-state index >= 15 is 0 Å². The minimum atomic E-state index is -0.927. The molecule has 3 aromatic rings. The molecule has 0 radical (unpaired) electrons. The number of imide groups is 1. The van der Waals surface area contributed by atoms with Gasteiger partial charge in [0.05, 0.1) is 16.8 Å². The van der Waals surface area contributed by atoms with Gasteiger partial charge >= 0.3 is 0 Å². The zero-order chi connectivity index (χ0) is 21.4. The van der Waals surface area contributed by atoms with Crippen LogP contribution in [0.15, 0.2) is 53.9 Å². The van der Waals surface area contributed by atoms with Crippen molar-refractivity contribution in [2.75, 3.05) is 5.32 Å². The molecule has 0 fully saturated rings. The second-order valence-electron chi connectivity index (χ2n) is 7.61. The number of amides is 3. The maximum atomic E-state index is 13.1. The van der Waals surface area contributed by atoms with Crippen molar-refractivity contribution in [3.05, 3.63) is 70.6 Å². The second kappa shape index (κ2) is 7.84. The molecule has 0 saturated heterocycles. The summed E-state index contributed by atoms with van der Waals surface area (Å²) >= 11 is 1.31. The van der Waals surface area contributed by atoms with Crippen LogP contribution in [0.4, 0.5) is 5.13 Å². The standard InChI is InChI=1S/C23H21N3O3S/c1-13(2)19(26-21(28)16-6-4-5-7-17(16)22(26)29)20(27)25-23-24-18(12-30-23)15-10-8-14(3)9-11-15/h4-13,19H,1-3H3,(H,24,25,27). The number of aryl methyl sites for hydroxylation is 1. The fourth-order valence-corrected chi connectivity index (χ4v) is 4.27. The molecule has 1 aliphatic rings. The number of carbonyl (C=O) groups excluding carboxylic acids is 3. The van der Waals surface area contributed by atoms with Crippen molar-refractivity contribution >= 4 is 34.2 Å². The lowest BCUT2D eigenvalue weighted by atomic mass is 10.0. The van der Waals surface area contributed by atoms with Crippen LogP contribution < -0.4 is 5.32 Å². The van der Waals surface area contributed by atoms with Crippen LogP contribution in [0.1, 0.15) is 40.1 Å². The van der Waals surface area contributed by atoms with E-state index in [0.29, 0.717) is 16.3 Å². The summed E-state index contributed by atoms with van der Waals surface area (Å²) in [4.78, 5) is 44.3.